The summed E-state index contributed by atoms with van der Waals surface area (Å²) in [5.41, 5.74) is 0.517. The Balaban J connectivity index is 3.46. The second-order valence-corrected chi connectivity index (χ2v) is 7.33. The van der Waals surface area contributed by atoms with Crippen molar-refractivity contribution in [3.8, 4) is 11.8 Å². The summed E-state index contributed by atoms with van der Waals surface area (Å²) in [4.78, 5) is 24.0. The molecule has 0 saturated heterocycles. The fourth-order valence-electron chi connectivity index (χ4n) is 3.57. The second-order valence-electron chi connectivity index (χ2n) is 7.33. The summed E-state index contributed by atoms with van der Waals surface area (Å²) in [5.74, 6) is -1.24. The van der Waals surface area contributed by atoms with Crippen LogP contribution < -0.4 is 4.74 Å². The number of carbonyl (C=O) groups excluding carboxylic acids is 1. The molecule has 6 nitrogen and oxygen atoms in total. The minimum atomic E-state index is -1.15. The lowest BCUT2D eigenvalue weighted by molar-refractivity contribution is -0.149. The average molecular weight is 404 g/mol. The van der Waals surface area contributed by atoms with E-state index in [4.69, 9.17) is 9.47 Å². The van der Waals surface area contributed by atoms with E-state index in [9.17, 15) is 20.0 Å². The smallest absolute Gasteiger partial charge is 0.308 e. The lowest BCUT2D eigenvalue weighted by Crippen LogP contribution is -2.33. The van der Waals surface area contributed by atoms with Crippen LogP contribution in [0.4, 0.5) is 0 Å². The first-order valence-electron chi connectivity index (χ1n) is 10.3. The molecule has 1 rings (SSSR count). The number of carboxylic acids is 1. The Morgan fingerprint density at radius 2 is 1.97 bits per heavy atom. The van der Waals surface area contributed by atoms with Gasteiger partial charge in [0.05, 0.1) is 31.1 Å². The average Bonchev–Trinajstić information content (AvgIpc) is 2.73. The molecule has 0 spiro atoms. The van der Waals surface area contributed by atoms with E-state index in [0.29, 0.717) is 24.3 Å². The van der Waals surface area contributed by atoms with Gasteiger partial charge in [-0.3, -0.25) is 9.59 Å². The zero-order valence-corrected chi connectivity index (χ0v) is 18.0. The molecule has 0 saturated carbocycles. The molecule has 160 valence electrons. The number of nitrogens with zero attached hydrogens (tertiary/aromatic N) is 1. The van der Waals surface area contributed by atoms with Crippen molar-refractivity contribution in [1.82, 2.24) is 0 Å². The first-order valence-corrected chi connectivity index (χ1v) is 10.3. The number of hydrogen-bond acceptors (Lipinski definition) is 5. The van der Waals surface area contributed by atoms with Gasteiger partial charge in [-0.1, -0.05) is 39.3 Å². The van der Waals surface area contributed by atoms with Gasteiger partial charge in [-0.2, -0.15) is 5.26 Å². The molecule has 2 atom stereocenters. The fourth-order valence-corrected chi connectivity index (χ4v) is 3.57. The molecule has 0 aromatic heterocycles. The van der Waals surface area contributed by atoms with Crippen LogP contribution in [0.25, 0.3) is 0 Å². The fraction of sp³-hybridized carbons (Fsp3) is 0.609. The standard InChI is InChI=1S/C23H33NO5/c1-5-8-18(22(27)29-13-6-2)15-23(16-24,12-11-21(25)26)19-14-17(7-3)9-10-20(19)28-4/h9-10,14,18H,5-8,11-13,15H2,1-4H3,(H,25,26). The van der Waals surface area contributed by atoms with E-state index in [-0.39, 0.29) is 25.2 Å². The molecule has 1 N–H and O–H groups in total. The van der Waals surface area contributed by atoms with Crippen LogP contribution in [0, 0.1) is 17.2 Å². The summed E-state index contributed by atoms with van der Waals surface area (Å²) in [5, 5.41) is 19.5. The van der Waals surface area contributed by atoms with Gasteiger partial charge in [0.2, 0.25) is 0 Å². The summed E-state index contributed by atoms with van der Waals surface area (Å²) >= 11 is 0. The van der Waals surface area contributed by atoms with E-state index in [1.54, 1.807) is 0 Å². The molecule has 1 aromatic rings. The van der Waals surface area contributed by atoms with Crippen molar-refractivity contribution < 1.29 is 24.2 Å². The monoisotopic (exact) mass is 403 g/mol. The van der Waals surface area contributed by atoms with E-state index in [1.807, 2.05) is 39.0 Å². The van der Waals surface area contributed by atoms with E-state index < -0.39 is 17.3 Å². The van der Waals surface area contributed by atoms with Crippen LogP contribution in [0.1, 0.15) is 70.4 Å². The van der Waals surface area contributed by atoms with Gasteiger partial charge in [-0.05, 0) is 43.7 Å². The predicted molar refractivity (Wildman–Crippen MR) is 111 cm³/mol. The number of rotatable bonds is 13. The van der Waals surface area contributed by atoms with Crippen LogP contribution in [0.5, 0.6) is 5.75 Å². The zero-order valence-electron chi connectivity index (χ0n) is 18.0. The van der Waals surface area contributed by atoms with Crippen LogP contribution >= 0.6 is 0 Å². The number of carboxylic acid groups (broad SMARTS) is 1. The van der Waals surface area contributed by atoms with E-state index in [1.165, 1.54) is 7.11 Å². The highest BCUT2D eigenvalue weighted by Crippen LogP contribution is 2.42. The SMILES string of the molecule is CCCOC(=O)C(CCC)CC(C#N)(CCC(=O)O)c1cc(CC)ccc1OC. The summed E-state index contributed by atoms with van der Waals surface area (Å²) in [6.07, 6.45) is 2.97. The third kappa shape index (κ3) is 6.77. The Bertz CT molecular complexity index is 724. The third-order valence-electron chi connectivity index (χ3n) is 5.18. The number of benzene rings is 1. The third-order valence-corrected chi connectivity index (χ3v) is 5.18. The Hall–Kier alpha value is -2.55. The van der Waals surface area contributed by atoms with Crippen LogP contribution in [-0.2, 0) is 26.2 Å². The van der Waals surface area contributed by atoms with Gasteiger partial charge in [-0.25, -0.2) is 0 Å². The molecule has 0 heterocycles. The Morgan fingerprint density at radius 3 is 2.48 bits per heavy atom. The van der Waals surface area contributed by atoms with Crippen molar-refractivity contribution in [3.05, 3.63) is 29.3 Å². The number of methoxy groups -OCH3 is 1. The molecule has 6 heteroatoms. The topological polar surface area (TPSA) is 96.6 Å². The molecule has 29 heavy (non-hydrogen) atoms. The van der Waals surface area contributed by atoms with Crippen LogP contribution in [0.3, 0.4) is 0 Å². The molecule has 0 radical (unpaired) electrons. The van der Waals surface area contributed by atoms with E-state index >= 15 is 0 Å². The van der Waals surface area contributed by atoms with Crippen molar-refractivity contribution in [3.63, 3.8) is 0 Å². The molecule has 0 aliphatic heterocycles. The maximum atomic E-state index is 12.7. The maximum Gasteiger partial charge on any atom is 0.308 e. The molecule has 0 amide bonds. The summed E-state index contributed by atoms with van der Waals surface area (Å²) in [7, 11) is 1.53. The number of nitriles is 1. The zero-order chi connectivity index (χ0) is 21.9. The lowest BCUT2D eigenvalue weighted by atomic mass is 9.70. The van der Waals surface area contributed by atoms with Crippen molar-refractivity contribution >= 4 is 11.9 Å². The van der Waals surface area contributed by atoms with Crippen molar-refractivity contribution in [2.45, 2.75) is 71.1 Å². The Morgan fingerprint density at radius 1 is 1.24 bits per heavy atom. The number of aliphatic carboxylic acids is 1. The van der Waals surface area contributed by atoms with Gasteiger partial charge in [0.1, 0.15) is 5.75 Å². The molecule has 0 aliphatic carbocycles. The highest BCUT2D eigenvalue weighted by atomic mass is 16.5. The Labute approximate surface area is 173 Å². The van der Waals surface area contributed by atoms with Crippen LogP contribution in [-0.4, -0.2) is 30.8 Å². The summed E-state index contributed by atoms with van der Waals surface area (Å²) in [6.45, 7) is 6.25. The molecule has 0 fully saturated rings. The predicted octanol–water partition coefficient (Wildman–Crippen LogP) is 4.64. The molecular formula is C23H33NO5. The summed E-state index contributed by atoms with van der Waals surface area (Å²) in [6, 6.07) is 8.01. The summed E-state index contributed by atoms with van der Waals surface area (Å²) < 4.78 is 10.9. The van der Waals surface area contributed by atoms with Gasteiger partial charge in [0.25, 0.3) is 0 Å². The van der Waals surface area contributed by atoms with E-state index in [2.05, 4.69) is 6.07 Å². The molecular weight excluding hydrogens is 370 g/mol. The van der Waals surface area contributed by atoms with Gasteiger partial charge < -0.3 is 14.6 Å². The van der Waals surface area contributed by atoms with Crippen molar-refractivity contribution in [2.24, 2.45) is 5.92 Å². The number of carbonyl (C=O) groups is 2. The molecule has 0 aliphatic rings. The minimum absolute atomic E-state index is 0.101. The number of hydrogen-bond donors (Lipinski definition) is 1. The number of esters is 1. The van der Waals surface area contributed by atoms with Crippen LogP contribution in [0.15, 0.2) is 18.2 Å². The number of ether oxygens (including phenoxy) is 2. The largest absolute Gasteiger partial charge is 0.496 e. The number of aryl methyl sites for hydroxylation is 1. The Kier molecular flexibility index (Phi) is 10.2. The minimum Gasteiger partial charge on any atom is -0.496 e. The molecule has 0 bridgehead atoms. The first-order chi connectivity index (χ1) is 13.9. The van der Waals surface area contributed by atoms with Gasteiger partial charge >= 0.3 is 11.9 Å². The van der Waals surface area contributed by atoms with Crippen LogP contribution in [0.2, 0.25) is 0 Å². The lowest BCUT2D eigenvalue weighted by Gasteiger charge is -2.32. The quantitative estimate of drug-likeness (QED) is 0.482. The van der Waals surface area contributed by atoms with Gasteiger partial charge in [0.15, 0.2) is 0 Å². The second kappa shape index (κ2) is 12.1. The molecule has 2 unspecified atom stereocenters. The highest BCUT2D eigenvalue weighted by Gasteiger charge is 2.40. The maximum absolute atomic E-state index is 12.7. The highest BCUT2D eigenvalue weighted by molar-refractivity contribution is 5.73. The first kappa shape index (κ1) is 24.5. The van der Waals surface area contributed by atoms with Crippen molar-refractivity contribution in [2.75, 3.05) is 13.7 Å². The normalized spacial score (nSPS) is 13.8. The van der Waals surface area contributed by atoms with Crippen molar-refractivity contribution in [1.29, 1.82) is 5.26 Å². The van der Waals surface area contributed by atoms with E-state index in [0.717, 1.165) is 24.8 Å². The molecule has 1 aromatic carbocycles. The van der Waals surface area contributed by atoms with Gasteiger partial charge in [-0.15, -0.1) is 0 Å². The van der Waals surface area contributed by atoms with Gasteiger partial charge in [0, 0.05) is 12.0 Å².